The van der Waals surface area contributed by atoms with E-state index in [-0.39, 0.29) is 35.6 Å². The summed E-state index contributed by atoms with van der Waals surface area (Å²) in [5.74, 6) is -0.690. The number of halogens is 2. The van der Waals surface area contributed by atoms with Crippen LogP contribution < -0.4 is 14.8 Å². The van der Waals surface area contributed by atoms with Crippen LogP contribution in [-0.2, 0) is 10.0 Å². The van der Waals surface area contributed by atoms with Gasteiger partial charge in [-0.15, -0.1) is 12.4 Å². The van der Waals surface area contributed by atoms with Crippen LogP contribution in [0.3, 0.4) is 0 Å². The fourth-order valence-electron chi connectivity index (χ4n) is 1.55. The molecule has 0 aliphatic heterocycles. The molecule has 5 nitrogen and oxygen atoms in total. The molecular weight excluding hydrogens is 307 g/mol. The second-order valence-corrected chi connectivity index (χ2v) is 5.87. The number of sulfonamides is 1. The van der Waals surface area contributed by atoms with Crippen LogP contribution in [0.4, 0.5) is 4.39 Å². The highest BCUT2D eigenvalue weighted by atomic mass is 35.5. The zero-order valence-corrected chi connectivity index (χ0v) is 13.3. The first-order valence-electron chi connectivity index (χ1n) is 5.97. The predicted molar refractivity (Wildman–Crippen MR) is 78.5 cm³/mol. The van der Waals surface area contributed by atoms with Gasteiger partial charge in [-0.25, -0.2) is 17.5 Å². The lowest BCUT2D eigenvalue weighted by Crippen LogP contribution is -2.38. The van der Waals surface area contributed by atoms with Crippen LogP contribution in [-0.4, -0.2) is 34.7 Å². The number of methoxy groups -OCH3 is 1. The molecule has 1 aromatic carbocycles. The number of hydrogen-bond acceptors (Lipinski definition) is 4. The molecule has 0 saturated carbocycles. The zero-order valence-electron chi connectivity index (χ0n) is 11.6. The van der Waals surface area contributed by atoms with E-state index in [0.29, 0.717) is 0 Å². The van der Waals surface area contributed by atoms with Crippen LogP contribution in [0.2, 0.25) is 0 Å². The third-order valence-electron chi connectivity index (χ3n) is 2.57. The normalized spacial score (nSPS) is 12.6. The Balaban J connectivity index is 0.00000361. The van der Waals surface area contributed by atoms with Crippen molar-refractivity contribution in [1.29, 1.82) is 0 Å². The minimum absolute atomic E-state index is 0. The Morgan fingerprint density at radius 2 is 2.05 bits per heavy atom. The van der Waals surface area contributed by atoms with Gasteiger partial charge in [-0.3, -0.25) is 0 Å². The summed E-state index contributed by atoms with van der Waals surface area (Å²) >= 11 is 0. The minimum Gasteiger partial charge on any atom is -0.494 e. The molecule has 0 fully saturated rings. The Kier molecular flexibility index (Phi) is 8.03. The smallest absolute Gasteiger partial charge is 0.240 e. The van der Waals surface area contributed by atoms with Gasteiger partial charge in [0.15, 0.2) is 11.6 Å². The molecule has 2 N–H and O–H groups in total. The Hall–Kier alpha value is -0.890. The third-order valence-corrected chi connectivity index (χ3v) is 3.99. The summed E-state index contributed by atoms with van der Waals surface area (Å²) in [6.45, 7) is 4.79. The highest BCUT2D eigenvalue weighted by Crippen LogP contribution is 2.20. The van der Waals surface area contributed by atoms with Crippen molar-refractivity contribution in [2.75, 3.05) is 20.2 Å². The van der Waals surface area contributed by atoms with Gasteiger partial charge in [-0.05, 0) is 31.7 Å². The summed E-state index contributed by atoms with van der Waals surface area (Å²) < 4.78 is 44.5. The lowest BCUT2D eigenvalue weighted by molar-refractivity contribution is 0.385. The maximum absolute atomic E-state index is 13.5. The molecule has 0 heterocycles. The quantitative estimate of drug-likeness (QED) is 0.797. The van der Waals surface area contributed by atoms with Gasteiger partial charge in [0, 0.05) is 12.6 Å². The first kappa shape index (κ1) is 19.1. The van der Waals surface area contributed by atoms with Gasteiger partial charge in [0.1, 0.15) is 0 Å². The van der Waals surface area contributed by atoms with E-state index in [2.05, 4.69) is 10.0 Å². The molecule has 0 aliphatic rings. The molecule has 0 radical (unpaired) electrons. The van der Waals surface area contributed by atoms with Crippen molar-refractivity contribution in [1.82, 2.24) is 10.0 Å². The Morgan fingerprint density at radius 3 is 2.55 bits per heavy atom. The topological polar surface area (TPSA) is 67.4 Å². The summed E-state index contributed by atoms with van der Waals surface area (Å²) in [4.78, 5) is -0.116. The maximum atomic E-state index is 13.5. The SMILES string of the molecule is CCN[C@H](C)CNS(=O)(=O)c1ccc(OC)c(F)c1.Cl. The van der Waals surface area contributed by atoms with Crippen LogP contribution in [0.15, 0.2) is 23.1 Å². The molecule has 0 aromatic heterocycles. The molecule has 1 rings (SSSR count). The maximum Gasteiger partial charge on any atom is 0.240 e. The molecule has 0 aliphatic carbocycles. The van der Waals surface area contributed by atoms with Crippen molar-refractivity contribution in [3.63, 3.8) is 0 Å². The van der Waals surface area contributed by atoms with Crippen LogP contribution in [0, 0.1) is 5.82 Å². The lowest BCUT2D eigenvalue weighted by atomic mass is 10.3. The van der Waals surface area contributed by atoms with Crippen molar-refractivity contribution in [2.24, 2.45) is 0 Å². The van der Waals surface area contributed by atoms with E-state index in [0.717, 1.165) is 12.6 Å². The summed E-state index contributed by atoms with van der Waals surface area (Å²) in [6.07, 6.45) is 0. The van der Waals surface area contributed by atoms with Crippen molar-refractivity contribution in [2.45, 2.75) is 24.8 Å². The van der Waals surface area contributed by atoms with Gasteiger partial charge in [0.05, 0.1) is 12.0 Å². The number of ether oxygens (including phenoxy) is 1. The van der Waals surface area contributed by atoms with Crippen molar-refractivity contribution < 1.29 is 17.5 Å². The van der Waals surface area contributed by atoms with E-state index < -0.39 is 15.8 Å². The standard InChI is InChI=1S/C12H19FN2O3S.ClH/c1-4-14-9(2)8-15-19(16,17)10-5-6-12(18-3)11(13)7-10;/h5-7,9,14-15H,4,8H2,1-3H3;1H/t9-;/m1./s1. The summed E-state index contributed by atoms with van der Waals surface area (Å²) in [7, 11) is -2.38. The predicted octanol–water partition coefficient (Wildman–Crippen LogP) is 1.53. The Morgan fingerprint density at radius 1 is 1.40 bits per heavy atom. The number of hydrogen-bond donors (Lipinski definition) is 2. The fourth-order valence-corrected chi connectivity index (χ4v) is 2.69. The van der Waals surface area contributed by atoms with E-state index in [1.54, 1.807) is 0 Å². The van der Waals surface area contributed by atoms with E-state index >= 15 is 0 Å². The van der Waals surface area contributed by atoms with Gasteiger partial charge in [0.25, 0.3) is 0 Å². The van der Waals surface area contributed by atoms with Gasteiger partial charge >= 0.3 is 0 Å². The molecule has 0 spiro atoms. The van der Waals surface area contributed by atoms with Crippen LogP contribution >= 0.6 is 12.4 Å². The average molecular weight is 327 g/mol. The first-order valence-corrected chi connectivity index (χ1v) is 7.45. The number of rotatable bonds is 7. The van der Waals surface area contributed by atoms with Gasteiger partial charge in [0.2, 0.25) is 10.0 Å². The van der Waals surface area contributed by atoms with Crippen LogP contribution in [0.1, 0.15) is 13.8 Å². The molecule has 20 heavy (non-hydrogen) atoms. The third kappa shape index (κ3) is 5.24. The Labute approximate surface area is 125 Å². The van der Waals surface area contributed by atoms with E-state index in [1.807, 2.05) is 13.8 Å². The number of nitrogens with one attached hydrogen (secondary N) is 2. The highest BCUT2D eigenvalue weighted by Gasteiger charge is 2.17. The summed E-state index contributed by atoms with van der Waals surface area (Å²) in [6, 6.07) is 3.54. The van der Waals surface area contributed by atoms with Crippen molar-refractivity contribution in [3.8, 4) is 5.75 Å². The molecule has 0 unspecified atom stereocenters. The van der Waals surface area contributed by atoms with E-state index in [4.69, 9.17) is 4.74 Å². The number of benzene rings is 1. The van der Waals surface area contributed by atoms with E-state index in [9.17, 15) is 12.8 Å². The highest BCUT2D eigenvalue weighted by molar-refractivity contribution is 7.89. The molecular formula is C12H20ClFN2O3S. The van der Waals surface area contributed by atoms with Gasteiger partial charge in [-0.1, -0.05) is 6.92 Å². The molecule has 1 atom stereocenters. The second kappa shape index (κ2) is 8.41. The van der Waals surface area contributed by atoms with Crippen molar-refractivity contribution >= 4 is 22.4 Å². The van der Waals surface area contributed by atoms with Crippen LogP contribution in [0.25, 0.3) is 0 Å². The molecule has 0 saturated heterocycles. The van der Waals surface area contributed by atoms with E-state index in [1.165, 1.54) is 19.2 Å². The molecule has 116 valence electrons. The summed E-state index contributed by atoms with van der Waals surface area (Å²) in [5, 5.41) is 3.08. The Bertz CT molecular complexity index is 525. The number of likely N-dealkylation sites (N-methyl/N-ethyl adjacent to an activating group) is 1. The fraction of sp³-hybridized carbons (Fsp3) is 0.500. The summed E-state index contributed by atoms with van der Waals surface area (Å²) in [5.41, 5.74) is 0. The molecule has 0 amide bonds. The van der Waals surface area contributed by atoms with Gasteiger partial charge in [-0.2, -0.15) is 0 Å². The van der Waals surface area contributed by atoms with Gasteiger partial charge < -0.3 is 10.1 Å². The minimum atomic E-state index is -3.71. The lowest BCUT2D eigenvalue weighted by Gasteiger charge is -2.13. The van der Waals surface area contributed by atoms with Crippen LogP contribution in [0.5, 0.6) is 5.75 Å². The first-order chi connectivity index (χ1) is 8.90. The monoisotopic (exact) mass is 326 g/mol. The molecule has 8 heteroatoms. The van der Waals surface area contributed by atoms with Crippen molar-refractivity contribution in [3.05, 3.63) is 24.0 Å². The second-order valence-electron chi connectivity index (χ2n) is 4.11. The largest absolute Gasteiger partial charge is 0.494 e. The average Bonchev–Trinajstić information content (AvgIpc) is 2.37. The molecule has 1 aromatic rings. The molecule has 0 bridgehead atoms. The zero-order chi connectivity index (χ0) is 14.5.